The highest BCUT2D eigenvalue weighted by Gasteiger charge is 2.12. The number of nitrogens with two attached hydrogens (primary N) is 1. The molecule has 1 amide bonds. The Morgan fingerprint density at radius 2 is 1.86 bits per heavy atom. The molecule has 1 atom stereocenters. The van der Waals surface area contributed by atoms with Crippen LogP contribution in [0.2, 0.25) is 5.02 Å². The molecule has 2 aromatic rings. The van der Waals surface area contributed by atoms with E-state index in [0.29, 0.717) is 17.9 Å². The molecule has 2 rings (SSSR count). The Morgan fingerprint density at radius 3 is 2.57 bits per heavy atom. The molecule has 0 bridgehead atoms. The number of carbonyl (C=O) groups excluding carboxylic acids is 1. The molecule has 4 heteroatoms. The highest BCUT2D eigenvalue weighted by molar-refractivity contribution is 6.31. The molecule has 0 heterocycles. The lowest BCUT2D eigenvalue weighted by Gasteiger charge is -2.15. The van der Waals surface area contributed by atoms with Gasteiger partial charge in [0.15, 0.2) is 0 Å². The highest BCUT2D eigenvalue weighted by atomic mass is 35.5. The van der Waals surface area contributed by atoms with E-state index in [1.54, 1.807) is 0 Å². The zero-order valence-electron chi connectivity index (χ0n) is 12.0. The Morgan fingerprint density at radius 1 is 1.19 bits per heavy atom. The zero-order chi connectivity index (χ0) is 15.2. The van der Waals surface area contributed by atoms with Crippen LogP contribution < -0.4 is 11.1 Å². The minimum atomic E-state index is -0.112. The van der Waals surface area contributed by atoms with E-state index in [4.69, 9.17) is 17.3 Å². The van der Waals surface area contributed by atoms with Crippen LogP contribution in [-0.2, 0) is 11.2 Å². The van der Waals surface area contributed by atoms with Gasteiger partial charge in [-0.2, -0.15) is 0 Å². The summed E-state index contributed by atoms with van der Waals surface area (Å²) >= 11 is 6.13. The van der Waals surface area contributed by atoms with Crippen LogP contribution in [-0.4, -0.2) is 5.91 Å². The first-order valence-corrected chi connectivity index (χ1v) is 7.33. The minimum Gasteiger partial charge on any atom is -0.399 e. The third kappa shape index (κ3) is 4.23. The number of para-hydroxylation sites is 1. The summed E-state index contributed by atoms with van der Waals surface area (Å²) in [5, 5.41) is 3.63. The summed E-state index contributed by atoms with van der Waals surface area (Å²) < 4.78 is 0. The second-order valence-corrected chi connectivity index (χ2v) is 5.42. The number of benzene rings is 2. The standard InChI is InChI=1S/C17H19ClN2O/c1-12(14-7-3-4-8-15(14)18)20-17(21)11-10-13-6-2-5-9-16(13)19/h2-9,12H,10-11,19H2,1H3,(H,20,21)/t12-/m0/s1. The molecule has 110 valence electrons. The van der Waals surface area contributed by atoms with Crippen molar-refractivity contribution in [1.82, 2.24) is 5.32 Å². The maximum absolute atomic E-state index is 12.0. The van der Waals surface area contributed by atoms with Gasteiger partial charge in [0, 0.05) is 17.1 Å². The Balaban J connectivity index is 1.90. The first-order valence-electron chi connectivity index (χ1n) is 6.95. The molecule has 0 radical (unpaired) electrons. The van der Waals surface area contributed by atoms with E-state index in [9.17, 15) is 4.79 Å². The Hall–Kier alpha value is -2.00. The van der Waals surface area contributed by atoms with Gasteiger partial charge >= 0.3 is 0 Å². The van der Waals surface area contributed by atoms with E-state index in [-0.39, 0.29) is 11.9 Å². The van der Waals surface area contributed by atoms with Crippen LogP contribution in [0, 0.1) is 0 Å². The zero-order valence-corrected chi connectivity index (χ0v) is 12.7. The maximum atomic E-state index is 12.0. The van der Waals surface area contributed by atoms with Crippen molar-refractivity contribution >= 4 is 23.2 Å². The van der Waals surface area contributed by atoms with E-state index in [0.717, 1.165) is 16.8 Å². The maximum Gasteiger partial charge on any atom is 0.220 e. The molecule has 3 nitrogen and oxygen atoms in total. The number of nitrogens with one attached hydrogen (secondary N) is 1. The van der Waals surface area contributed by atoms with Gasteiger partial charge < -0.3 is 11.1 Å². The summed E-state index contributed by atoms with van der Waals surface area (Å²) in [4.78, 5) is 12.0. The van der Waals surface area contributed by atoms with Crippen molar-refractivity contribution in [3.63, 3.8) is 0 Å². The predicted octanol–water partition coefficient (Wildman–Crippen LogP) is 3.73. The molecule has 3 N–H and O–H groups in total. The molecule has 0 spiro atoms. The van der Waals surface area contributed by atoms with Gasteiger partial charge in [0.2, 0.25) is 5.91 Å². The fraction of sp³-hybridized carbons (Fsp3) is 0.235. The van der Waals surface area contributed by atoms with Crippen molar-refractivity contribution in [1.29, 1.82) is 0 Å². The number of halogens is 1. The van der Waals surface area contributed by atoms with Gasteiger partial charge in [-0.25, -0.2) is 0 Å². The number of hydrogen-bond donors (Lipinski definition) is 2. The van der Waals surface area contributed by atoms with Crippen LogP contribution in [0.25, 0.3) is 0 Å². The van der Waals surface area contributed by atoms with Gasteiger partial charge in [0.1, 0.15) is 0 Å². The summed E-state index contributed by atoms with van der Waals surface area (Å²) in [7, 11) is 0. The Bertz CT molecular complexity index is 628. The van der Waals surface area contributed by atoms with Gasteiger partial charge in [-0.1, -0.05) is 48.0 Å². The molecule has 2 aromatic carbocycles. The predicted molar refractivity (Wildman–Crippen MR) is 87.2 cm³/mol. The molecule has 21 heavy (non-hydrogen) atoms. The second kappa shape index (κ2) is 7.14. The number of carbonyl (C=O) groups is 1. The van der Waals surface area contributed by atoms with Crippen LogP contribution >= 0.6 is 11.6 Å². The van der Waals surface area contributed by atoms with E-state index in [1.165, 1.54) is 0 Å². The molecule has 0 aromatic heterocycles. The summed E-state index contributed by atoms with van der Waals surface area (Å²) in [5.74, 6) is -0.00864. The van der Waals surface area contributed by atoms with Crippen LogP contribution in [0.1, 0.15) is 30.5 Å². The van der Waals surface area contributed by atoms with Crippen LogP contribution in [0.4, 0.5) is 5.69 Å². The van der Waals surface area contributed by atoms with Gasteiger partial charge in [-0.05, 0) is 36.6 Å². The molecule has 0 aliphatic carbocycles. The molecule has 0 aliphatic rings. The lowest BCUT2D eigenvalue weighted by Crippen LogP contribution is -2.27. The first kappa shape index (κ1) is 15.4. The summed E-state index contributed by atoms with van der Waals surface area (Å²) in [6, 6.07) is 15.0. The normalized spacial score (nSPS) is 11.9. The quantitative estimate of drug-likeness (QED) is 0.827. The van der Waals surface area contributed by atoms with Crippen LogP contribution in [0.3, 0.4) is 0 Å². The fourth-order valence-electron chi connectivity index (χ4n) is 2.23. The third-order valence-electron chi connectivity index (χ3n) is 3.43. The van der Waals surface area contributed by atoms with Gasteiger partial charge in [-0.15, -0.1) is 0 Å². The topological polar surface area (TPSA) is 55.1 Å². The summed E-state index contributed by atoms with van der Waals surface area (Å²) in [5.41, 5.74) is 8.52. The summed E-state index contributed by atoms with van der Waals surface area (Å²) in [6.07, 6.45) is 1.04. The largest absolute Gasteiger partial charge is 0.399 e. The minimum absolute atomic E-state index is 0.00864. The van der Waals surface area contributed by atoms with E-state index in [2.05, 4.69) is 5.32 Å². The second-order valence-electron chi connectivity index (χ2n) is 5.01. The number of anilines is 1. The third-order valence-corrected chi connectivity index (χ3v) is 3.77. The lowest BCUT2D eigenvalue weighted by molar-refractivity contribution is -0.121. The highest BCUT2D eigenvalue weighted by Crippen LogP contribution is 2.22. The van der Waals surface area contributed by atoms with Gasteiger partial charge in [-0.3, -0.25) is 4.79 Å². The van der Waals surface area contributed by atoms with Crippen molar-refractivity contribution in [3.05, 3.63) is 64.7 Å². The molecule has 0 unspecified atom stereocenters. The van der Waals surface area contributed by atoms with E-state index >= 15 is 0 Å². The van der Waals surface area contributed by atoms with E-state index in [1.807, 2.05) is 55.5 Å². The average molecular weight is 303 g/mol. The van der Waals surface area contributed by atoms with Crippen molar-refractivity contribution in [2.45, 2.75) is 25.8 Å². The fourth-order valence-corrected chi connectivity index (χ4v) is 2.53. The molecule has 0 saturated heterocycles. The smallest absolute Gasteiger partial charge is 0.220 e. The Kier molecular flexibility index (Phi) is 5.23. The molecule has 0 aliphatic heterocycles. The van der Waals surface area contributed by atoms with Gasteiger partial charge in [0.25, 0.3) is 0 Å². The molecular formula is C17H19ClN2O. The van der Waals surface area contributed by atoms with Crippen molar-refractivity contribution in [3.8, 4) is 0 Å². The molecular weight excluding hydrogens is 284 g/mol. The number of amides is 1. The number of nitrogen functional groups attached to an aromatic ring is 1. The number of rotatable bonds is 5. The first-order chi connectivity index (χ1) is 10.1. The number of hydrogen-bond acceptors (Lipinski definition) is 2. The van der Waals surface area contributed by atoms with Crippen molar-refractivity contribution in [2.75, 3.05) is 5.73 Å². The van der Waals surface area contributed by atoms with Crippen LogP contribution in [0.15, 0.2) is 48.5 Å². The molecule has 0 fully saturated rings. The van der Waals surface area contributed by atoms with Crippen LogP contribution in [0.5, 0.6) is 0 Å². The molecule has 0 saturated carbocycles. The Labute approximate surface area is 130 Å². The van der Waals surface area contributed by atoms with Gasteiger partial charge in [0.05, 0.1) is 6.04 Å². The monoisotopic (exact) mass is 302 g/mol. The van der Waals surface area contributed by atoms with Crippen molar-refractivity contribution < 1.29 is 4.79 Å². The summed E-state index contributed by atoms with van der Waals surface area (Å²) in [6.45, 7) is 1.93. The van der Waals surface area contributed by atoms with Crippen molar-refractivity contribution in [2.24, 2.45) is 0 Å². The average Bonchev–Trinajstić information content (AvgIpc) is 2.46. The lowest BCUT2D eigenvalue weighted by atomic mass is 10.1. The SMILES string of the molecule is C[C@H](NC(=O)CCc1ccccc1N)c1ccccc1Cl. The number of aryl methyl sites for hydroxylation is 1. The van der Waals surface area contributed by atoms with E-state index < -0.39 is 0 Å².